The normalized spacial score (nSPS) is 19.2. The number of nitro benzene ring substituents is 1. The molecule has 1 aromatic rings. The number of aliphatic hydroxyl groups is 1. The molecule has 0 aromatic heterocycles. The number of hydrogen-bond acceptors (Lipinski definition) is 4. The maximum absolute atomic E-state index is 13.2. The van der Waals surface area contributed by atoms with Crippen LogP contribution in [0.25, 0.3) is 0 Å². The summed E-state index contributed by atoms with van der Waals surface area (Å²) >= 11 is 0. The molecular weight excluding hydrogens is 205 g/mol. The van der Waals surface area contributed by atoms with E-state index in [1.807, 2.05) is 0 Å². The highest BCUT2D eigenvalue weighted by molar-refractivity contribution is 5.47. The molecule has 0 bridgehead atoms. The van der Waals surface area contributed by atoms with Crippen LogP contribution in [0.1, 0.15) is 18.1 Å². The zero-order valence-corrected chi connectivity index (χ0v) is 7.64. The van der Waals surface area contributed by atoms with Gasteiger partial charge in [0.25, 0.3) is 0 Å². The first-order chi connectivity index (χ1) is 7.09. The van der Waals surface area contributed by atoms with E-state index in [4.69, 9.17) is 4.74 Å². The smallest absolute Gasteiger partial charge is 0.308 e. The molecule has 1 N–H and O–H groups in total. The Labute approximate surface area is 84.2 Å². The molecule has 80 valence electrons. The Hall–Kier alpha value is -1.69. The first-order valence-corrected chi connectivity index (χ1v) is 4.38. The van der Waals surface area contributed by atoms with Crippen molar-refractivity contribution < 1.29 is 19.2 Å². The van der Waals surface area contributed by atoms with Gasteiger partial charge in [-0.3, -0.25) is 10.1 Å². The van der Waals surface area contributed by atoms with Gasteiger partial charge in [0.15, 0.2) is 0 Å². The molecule has 1 aliphatic heterocycles. The van der Waals surface area contributed by atoms with Crippen molar-refractivity contribution in [1.82, 2.24) is 0 Å². The van der Waals surface area contributed by atoms with Gasteiger partial charge in [0.1, 0.15) is 5.75 Å². The van der Waals surface area contributed by atoms with Crippen molar-refractivity contribution in [3.8, 4) is 5.75 Å². The number of benzene rings is 1. The second-order valence-corrected chi connectivity index (χ2v) is 3.25. The Kier molecular flexibility index (Phi) is 2.28. The number of nitrogens with zero attached hydrogens (tertiary/aromatic N) is 1. The number of aliphatic hydroxyl groups excluding tert-OH is 1. The average Bonchev–Trinajstić information content (AvgIpc) is 2.18. The largest absolute Gasteiger partial charge is 0.493 e. The molecule has 0 radical (unpaired) electrons. The van der Waals surface area contributed by atoms with Crippen LogP contribution in [-0.4, -0.2) is 16.6 Å². The second kappa shape index (κ2) is 3.47. The van der Waals surface area contributed by atoms with Gasteiger partial charge in [0.05, 0.1) is 23.7 Å². The molecule has 5 nitrogen and oxygen atoms in total. The van der Waals surface area contributed by atoms with Crippen molar-refractivity contribution >= 4 is 5.69 Å². The highest BCUT2D eigenvalue weighted by atomic mass is 19.1. The average molecular weight is 213 g/mol. The van der Waals surface area contributed by atoms with Gasteiger partial charge in [0, 0.05) is 12.0 Å². The van der Waals surface area contributed by atoms with Gasteiger partial charge in [-0.05, 0) is 6.07 Å². The third kappa shape index (κ3) is 1.63. The lowest BCUT2D eigenvalue weighted by atomic mass is 10.0. The van der Waals surface area contributed by atoms with Crippen molar-refractivity contribution in [2.24, 2.45) is 0 Å². The van der Waals surface area contributed by atoms with Gasteiger partial charge in [0.2, 0.25) is 5.82 Å². The Morgan fingerprint density at radius 3 is 3.00 bits per heavy atom. The van der Waals surface area contributed by atoms with Gasteiger partial charge in [-0.15, -0.1) is 0 Å². The third-order valence-corrected chi connectivity index (χ3v) is 2.28. The maximum atomic E-state index is 13.2. The SMILES string of the molecule is O=[N+]([O-])c1cc2c(cc1F)C(O)CCO2. The highest BCUT2D eigenvalue weighted by Gasteiger charge is 2.25. The van der Waals surface area contributed by atoms with E-state index in [1.54, 1.807) is 0 Å². The quantitative estimate of drug-likeness (QED) is 0.567. The molecule has 0 saturated heterocycles. The molecule has 2 rings (SSSR count). The maximum Gasteiger partial charge on any atom is 0.308 e. The minimum Gasteiger partial charge on any atom is -0.493 e. The number of hydrogen-bond donors (Lipinski definition) is 1. The lowest BCUT2D eigenvalue weighted by molar-refractivity contribution is -0.387. The van der Waals surface area contributed by atoms with Crippen molar-refractivity contribution in [1.29, 1.82) is 0 Å². The van der Waals surface area contributed by atoms with E-state index in [2.05, 4.69) is 0 Å². The zero-order chi connectivity index (χ0) is 11.0. The monoisotopic (exact) mass is 213 g/mol. The molecule has 1 atom stereocenters. The summed E-state index contributed by atoms with van der Waals surface area (Å²) in [4.78, 5) is 9.62. The number of ether oxygens (including phenoxy) is 1. The second-order valence-electron chi connectivity index (χ2n) is 3.25. The van der Waals surface area contributed by atoms with Crippen LogP contribution < -0.4 is 4.74 Å². The minimum atomic E-state index is -0.955. The molecule has 1 aliphatic rings. The molecule has 1 heterocycles. The van der Waals surface area contributed by atoms with Gasteiger partial charge >= 0.3 is 5.69 Å². The van der Waals surface area contributed by atoms with E-state index in [0.717, 1.165) is 12.1 Å². The van der Waals surface area contributed by atoms with E-state index < -0.39 is 22.5 Å². The van der Waals surface area contributed by atoms with E-state index in [-0.39, 0.29) is 17.9 Å². The summed E-state index contributed by atoms with van der Waals surface area (Å²) in [7, 11) is 0. The summed E-state index contributed by atoms with van der Waals surface area (Å²) in [5.41, 5.74) is -0.368. The molecule has 1 aromatic carbocycles. The Morgan fingerprint density at radius 2 is 2.33 bits per heavy atom. The Bertz CT molecular complexity index is 421. The predicted molar refractivity (Wildman–Crippen MR) is 48.1 cm³/mol. The van der Waals surface area contributed by atoms with E-state index in [1.165, 1.54) is 0 Å². The van der Waals surface area contributed by atoms with E-state index >= 15 is 0 Å². The lowest BCUT2D eigenvalue weighted by Gasteiger charge is -2.21. The van der Waals surface area contributed by atoms with E-state index in [0.29, 0.717) is 6.42 Å². The predicted octanol–water partition coefficient (Wildman–Crippen LogP) is 1.55. The summed E-state index contributed by atoms with van der Waals surface area (Å²) in [5, 5.41) is 19.9. The summed E-state index contributed by atoms with van der Waals surface area (Å²) in [5.74, 6) is -0.773. The molecule has 0 aliphatic carbocycles. The Balaban J connectivity index is 2.54. The summed E-state index contributed by atoms with van der Waals surface area (Å²) < 4.78 is 18.3. The molecule has 0 amide bonds. The van der Waals surface area contributed by atoms with Gasteiger partial charge in [-0.25, -0.2) is 0 Å². The lowest BCUT2D eigenvalue weighted by Crippen LogP contribution is -2.14. The van der Waals surface area contributed by atoms with Crippen LogP contribution in [0.4, 0.5) is 10.1 Å². The number of rotatable bonds is 1. The summed E-state index contributed by atoms with van der Waals surface area (Å²) in [6.07, 6.45) is -0.450. The molecule has 0 saturated carbocycles. The van der Waals surface area contributed by atoms with Crippen LogP contribution in [0.15, 0.2) is 12.1 Å². The van der Waals surface area contributed by atoms with Gasteiger partial charge < -0.3 is 9.84 Å². The first kappa shape index (κ1) is 9.85. The molecule has 15 heavy (non-hydrogen) atoms. The van der Waals surface area contributed by atoms with Crippen molar-refractivity contribution in [3.05, 3.63) is 33.6 Å². The molecule has 1 unspecified atom stereocenters. The fourth-order valence-electron chi connectivity index (χ4n) is 1.52. The summed E-state index contributed by atoms with van der Waals surface area (Å²) in [6.45, 7) is 0.275. The third-order valence-electron chi connectivity index (χ3n) is 2.28. The Morgan fingerprint density at radius 1 is 1.60 bits per heavy atom. The minimum absolute atomic E-state index is 0.182. The highest BCUT2D eigenvalue weighted by Crippen LogP contribution is 2.36. The van der Waals surface area contributed by atoms with E-state index in [9.17, 15) is 19.6 Å². The fourth-order valence-corrected chi connectivity index (χ4v) is 1.52. The van der Waals surface area contributed by atoms with Crippen LogP contribution in [0, 0.1) is 15.9 Å². The summed E-state index contributed by atoms with van der Waals surface area (Å²) in [6, 6.07) is 1.96. The molecule has 0 fully saturated rings. The van der Waals surface area contributed by atoms with Crippen LogP contribution in [-0.2, 0) is 0 Å². The van der Waals surface area contributed by atoms with Gasteiger partial charge in [-0.2, -0.15) is 4.39 Å². The zero-order valence-electron chi connectivity index (χ0n) is 7.64. The van der Waals surface area contributed by atoms with Crippen molar-refractivity contribution in [2.45, 2.75) is 12.5 Å². The van der Waals surface area contributed by atoms with Crippen molar-refractivity contribution in [2.75, 3.05) is 6.61 Å². The molecule has 0 spiro atoms. The first-order valence-electron chi connectivity index (χ1n) is 4.38. The number of fused-ring (bicyclic) bond motifs is 1. The fraction of sp³-hybridized carbons (Fsp3) is 0.333. The molecular formula is C9H8FNO4. The van der Waals surface area contributed by atoms with Crippen LogP contribution in [0.3, 0.4) is 0 Å². The van der Waals surface area contributed by atoms with Gasteiger partial charge in [-0.1, -0.05) is 0 Å². The topological polar surface area (TPSA) is 72.6 Å². The molecule has 6 heteroatoms. The van der Waals surface area contributed by atoms with Crippen molar-refractivity contribution in [3.63, 3.8) is 0 Å². The van der Waals surface area contributed by atoms with Crippen LogP contribution in [0.5, 0.6) is 5.75 Å². The van der Waals surface area contributed by atoms with Crippen LogP contribution in [0.2, 0.25) is 0 Å². The number of nitro groups is 1. The van der Waals surface area contributed by atoms with Crippen LogP contribution >= 0.6 is 0 Å². The number of halogens is 1. The standard InChI is InChI=1S/C9H8FNO4/c10-6-3-5-8(12)1-2-15-9(5)4-7(6)11(13)14/h3-4,8,12H,1-2H2.